The molecule has 5 heteroatoms. The number of aliphatic hydroxyl groups is 1. The van der Waals surface area contributed by atoms with Gasteiger partial charge in [0.15, 0.2) is 0 Å². The van der Waals surface area contributed by atoms with Gasteiger partial charge in [-0.1, -0.05) is 48.5 Å². The van der Waals surface area contributed by atoms with Crippen LogP contribution in [-0.4, -0.2) is 31.9 Å². The molecule has 0 heterocycles. The summed E-state index contributed by atoms with van der Waals surface area (Å²) in [6.07, 6.45) is -0.950. The van der Waals surface area contributed by atoms with Crippen molar-refractivity contribution in [2.75, 3.05) is 20.8 Å². The average molecular weight is 330 g/mol. The third-order valence-corrected chi connectivity index (χ3v) is 3.82. The first-order valence-corrected chi connectivity index (χ1v) is 7.70. The van der Waals surface area contributed by atoms with Crippen LogP contribution in [0.1, 0.15) is 24.2 Å². The number of rotatable bonds is 7. The number of esters is 1. The highest BCUT2D eigenvalue weighted by molar-refractivity contribution is 5.83. The first-order chi connectivity index (χ1) is 11.6. The molecule has 2 aromatic rings. The Kier molecular flexibility index (Phi) is 5.95. The number of hydrogen-bond acceptors (Lipinski definition) is 5. The van der Waals surface area contributed by atoms with Crippen molar-refractivity contribution in [1.29, 1.82) is 0 Å². The number of benzene rings is 2. The van der Waals surface area contributed by atoms with E-state index in [-0.39, 0.29) is 6.61 Å². The molecule has 0 aliphatic carbocycles. The van der Waals surface area contributed by atoms with Gasteiger partial charge in [-0.15, -0.1) is 0 Å². The second kappa shape index (κ2) is 7.95. The van der Waals surface area contributed by atoms with Gasteiger partial charge in [0.25, 0.3) is 0 Å². The molecule has 0 saturated heterocycles. The van der Waals surface area contributed by atoms with Crippen molar-refractivity contribution in [3.8, 4) is 5.75 Å². The van der Waals surface area contributed by atoms with Gasteiger partial charge in [-0.3, -0.25) is 0 Å². The molecule has 0 aromatic heterocycles. The molecule has 0 fully saturated rings. The number of carbonyl (C=O) groups excluding carboxylic acids is 1. The number of hydrogen-bond donors (Lipinski definition) is 1. The lowest BCUT2D eigenvalue weighted by Crippen LogP contribution is -2.44. The molecular formula is C19H22O5. The van der Waals surface area contributed by atoms with E-state index < -0.39 is 17.7 Å². The standard InChI is InChI=1S/C19H22O5/c1-4-24-18(20)19(21,15-12-8-9-13-16(15)22-2)17(23-3)14-10-6-5-7-11-14/h5-13,17,21H,4H2,1-3H3/t17-,19-/m0/s1. The van der Waals surface area contributed by atoms with Crippen LogP contribution in [0, 0.1) is 0 Å². The zero-order valence-corrected chi connectivity index (χ0v) is 14.1. The third-order valence-electron chi connectivity index (χ3n) is 3.82. The highest BCUT2D eigenvalue weighted by Crippen LogP contribution is 2.42. The van der Waals surface area contributed by atoms with Crippen molar-refractivity contribution in [2.24, 2.45) is 0 Å². The van der Waals surface area contributed by atoms with Gasteiger partial charge in [0.2, 0.25) is 5.60 Å². The van der Waals surface area contributed by atoms with E-state index in [1.807, 2.05) is 18.2 Å². The largest absolute Gasteiger partial charge is 0.496 e. The summed E-state index contributed by atoms with van der Waals surface area (Å²) in [5.41, 5.74) is -1.10. The molecule has 0 unspecified atom stereocenters. The first kappa shape index (κ1) is 18.0. The molecule has 0 radical (unpaired) electrons. The van der Waals surface area contributed by atoms with Crippen LogP contribution in [0.4, 0.5) is 0 Å². The van der Waals surface area contributed by atoms with Crippen LogP contribution in [0.5, 0.6) is 5.75 Å². The summed E-state index contributed by atoms with van der Waals surface area (Å²) in [6.45, 7) is 1.83. The van der Waals surface area contributed by atoms with Crippen molar-refractivity contribution in [1.82, 2.24) is 0 Å². The van der Waals surface area contributed by atoms with E-state index in [2.05, 4.69) is 0 Å². The lowest BCUT2D eigenvalue weighted by atomic mass is 9.83. The van der Waals surface area contributed by atoms with E-state index in [0.717, 1.165) is 0 Å². The monoisotopic (exact) mass is 330 g/mol. The zero-order chi connectivity index (χ0) is 17.6. The van der Waals surface area contributed by atoms with E-state index >= 15 is 0 Å². The number of carbonyl (C=O) groups is 1. The summed E-state index contributed by atoms with van der Waals surface area (Å²) in [5.74, 6) is -0.406. The van der Waals surface area contributed by atoms with Crippen molar-refractivity contribution < 1.29 is 24.1 Å². The molecule has 24 heavy (non-hydrogen) atoms. The molecule has 2 aromatic carbocycles. The van der Waals surface area contributed by atoms with Crippen LogP contribution >= 0.6 is 0 Å². The van der Waals surface area contributed by atoms with Gasteiger partial charge < -0.3 is 19.3 Å². The van der Waals surface area contributed by atoms with Gasteiger partial charge in [0, 0.05) is 12.7 Å². The predicted molar refractivity (Wildman–Crippen MR) is 89.7 cm³/mol. The molecule has 0 bridgehead atoms. The van der Waals surface area contributed by atoms with Gasteiger partial charge in [0.1, 0.15) is 11.9 Å². The maximum absolute atomic E-state index is 12.7. The summed E-state index contributed by atoms with van der Waals surface area (Å²) in [6, 6.07) is 15.8. The number of para-hydroxylation sites is 1. The molecule has 2 atom stereocenters. The number of ether oxygens (including phenoxy) is 3. The van der Waals surface area contributed by atoms with Crippen molar-refractivity contribution >= 4 is 5.97 Å². The Morgan fingerprint density at radius 3 is 2.29 bits per heavy atom. The van der Waals surface area contributed by atoms with Gasteiger partial charge in [0.05, 0.1) is 13.7 Å². The van der Waals surface area contributed by atoms with Gasteiger partial charge in [-0.2, -0.15) is 0 Å². The van der Waals surface area contributed by atoms with Crippen molar-refractivity contribution in [2.45, 2.75) is 18.6 Å². The van der Waals surface area contributed by atoms with E-state index in [0.29, 0.717) is 16.9 Å². The molecule has 0 saturated carbocycles. The van der Waals surface area contributed by atoms with Crippen LogP contribution in [0.25, 0.3) is 0 Å². The Morgan fingerprint density at radius 1 is 1.08 bits per heavy atom. The van der Waals surface area contributed by atoms with Crippen LogP contribution in [0.2, 0.25) is 0 Å². The maximum Gasteiger partial charge on any atom is 0.346 e. The molecule has 1 N–H and O–H groups in total. The Balaban J connectivity index is 2.64. The summed E-state index contributed by atoms with van der Waals surface area (Å²) < 4.78 is 16.0. The number of methoxy groups -OCH3 is 2. The van der Waals surface area contributed by atoms with E-state index in [4.69, 9.17) is 14.2 Å². The van der Waals surface area contributed by atoms with E-state index in [1.54, 1.807) is 43.3 Å². The summed E-state index contributed by atoms with van der Waals surface area (Å²) in [4.78, 5) is 12.7. The highest BCUT2D eigenvalue weighted by atomic mass is 16.6. The fraction of sp³-hybridized carbons (Fsp3) is 0.316. The Morgan fingerprint density at radius 2 is 1.71 bits per heavy atom. The smallest absolute Gasteiger partial charge is 0.346 e. The normalized spacial score (nSPS) is 14.5. The minimum absolute atomic E-state index is 0.140. The van der Waals surface area contributed by atoms with Crippen LogP contribution in [-0.2, 0) is 19.9 Å². The summed E-state index contributed by atoms with van der Waals surface area (Å²) in [7, 11) is 2.92. The predicted octanol–water partition coefficient (Wildman–Crippen LogP) is 2.83. The maximum atomic E-state index is 12.7. The van der Waals surface area contributed by atoms with E-state index in [9.17, 15) is 9.90 Å². The molecule has 0 amide bonds. The second-order valence-electron chi connectivity index (χ2n) is 5.21. The van der Waals surface area contributed by atoms with Crippen LogP contribution in [0.15, 0.2) is 54.6 Å². The SMILES string of the molecule is CCOC(=O)[C@](O)(c1ccccc1OC)[C@@H](OC)c1ccccc1. The molecule has 5 nitrogen and oxygen atoms in total. The molecular weight excluding hydrogens is 308 g/mol. The quantitative estimate of drug-likeness (QED) is 0.791. The van der Waals surface area contributed by atoms with Crippen molar-refractivity contribution in [3.05, 3.63) is 65.7 Å². The zero-order valence-electron chi connectivity index (χ0n) is 14.1. The Bertz CT molecular complexity index is 670. The molecule has 128 valence electrons. The van der Waals surface area contributed by atoms with Gasteiger partial charge >= 0.3 is 5.97 Å². The van der Waals surface area contributed by atoms with Crippen LogP contribution in [0.3, 0.4) is 0 Å². The topological polar surface area (TPSA) is 65.0 Å². The lowest BCUT2D eigenvalue weighted by Gasteiger charge is -2.34. The Hall–Kier alpha value is -2.37. The minimum Gasteiger partial charge on any atom is -0.496 e. The molecule has 2 rings (SSSR count). The highest BCUT2D eigenvalue weighted by Gasteiger charge is 2.50. The third kappa shape index (κ3) is 3.27. The summed E-state index contributed by atoms with van der Waals surface area (Å²) >= 11 is 0. The van der Waals surface area contributed by atoms with Gasteiger partial charge in [-0.25, -0.2) is 4.79 Å². The van der Waals surface area contributed by atoms with Crippen LogP contribution < -0.4 is 4.74 Å². The molecule has 0 aliphatic heterocycles. The minimum atomic E-state index is -2.04. The van der Waals surface area contributed by atoms with Crippen molar-refractivity contribution in [3.63, 3.8) is 0 Å². The fourth-order valence-electron chi connectivity index (χ4n) is 2.73. The first-order valence-electron chi connectivity index (χ1n) is 7.70. The summed E-state index contributed by atoms with van der Waals surface area (Å²) in [5, 5.41) is 11.4. The molecule has 0 aliphatic rings. The van der Waals surface area contributed by atoms with Gasteiger partial charge in [-0.05, 0) is 18.6 Å². The van der Waals surface area contributed by atoms with E-state index in [1.165, 1.54) is 14.2 Å². The fourth-order valence-corrected chi connectivity index (χ4v) is 2.73. The average Bonchev–Trinajstić information content (AvgIpc) is 2.63. The second-order valence-corrected chi connectivity index (χ2v) is 5.21. The lowest BCUT2D eigenvalue weighted by molar-refractivity contribution is -0.184. The molecule has 0 spiro atoms. The Labute approximate surface area is 141 Å².